The summed E-state index contributed by atoms with van der Waals surface area (Å²) in [5.41, 5.74) is 0.963. The van der Waals surface area contributed by atoms with Gasteiger partial charge in [0.1, 0.15) is 5.82 Å². The number of benzene rings is 1. The molecular weight excluding hydrogens is 181 g/mol. The fourth-order valence-corrected chi connectivity index (χ4v) is 1.44. The quantitative estimate of drug-likeness (QED) is 0.780. The van der Waals surface area contributed by atoms with Gasteiger partial charge in [0, 0.05) is 19.8 Å². The number of hydrogen-bond donors (Lipinski definition) is 1. The van der Waals surface area contributed by atoms with E-state index in [4.69, 9.17) is 4.74 Å². The van der Waals surface area contributed by atoms with E-state index in [1.54, 1.807) is 19.2 Å². The van der Waals surface area contributed by atoms with E-state index in [0.717, 1.165) is 12.0 Å². The van der Waals surface area contributed by atoms with Crippen molar-refractivity contribution in [2.24, 2.45) is 0 Å². The minimum absolute atomic E-state index is 0.158. The van der Waals surface area contributed by atoms with Gasteiger partial charge in [0.25, 0.3) is 0 Å². The van der Waals surface area contributed by atoms with Crippen LogP contribution in [-0.4, -0.2) is 20.8 Å². The van der Waals surface area contributed by atoms with E-state index in [0.29, 0.717) is 6.61 Å². The fourth-order valence-electron chi connectivity index (χ4n) is 1.44. The van der Waals surface area contributed by atoms with Gasteiger partial charge in [-0.3, -0.25) is 0 Å². The average Bonchev–Trinajstić information content (AvgIpc) is 2.19. The molecule has 14 heavy (non-hydrogen) atoms. The summed E-state index contributed by atoms with van der Waals surface area (Å²) in [6.45, 7) is 0.669. The van der Waals surface area contributed by atoms with Crippen molar-refractivity contribution in [3.63, 3.8) is 0 Å². The fraction of sp³-hybridized carbons (Fsp3) is 0.455. The molecule has 0 radical (unpaired) electrons. The summed E-state index contributed by atoms with van der Waals surface area (Å²) >= 11 is 0. The Labute approximate surface area is 84.1 Å². The lowest BCUT2D eigenvalue weighted by Gasteiger charge is -2.15. The van der Waals surface area contributed by atoms with Crippen LogP contribution in [0.2, 0.25) is 0 Å². The Balaban J connectivity index is 2.68. The SMILES string of the molecule is CNC(CCOC)c1cccc(F)c1. The smallest absolute Gasteiger partial charge is 0.123 e. The van der Waals surface area contributed by atoms with Crippen LogP contribution in [0.4, 0.5) is 4.39 Å². The van der Waals surface area contributed by atoms with E-state index in [2.05, 4.69) is 5.32 Å². The van der Waals surface area contributed by atoms with Crippen molar-refractivity contribution < 1.29 is 9.13 Å². The standard InChI is InChI=1S/C11H16FNO/c1-13-11(6-7-14-2)9-4-3-5-10(12)8-9/h3-5,8,11,13H,6-7H2,1-2H3. The molecule has 0 saturated heterocycles. The number of rotatable bonds is 5. The molecule has 1 atom stereocenters. The Kier molecular flexibility index (Phi) is 4.56. The molecule has 1 aromatic rings. The minimum Gasteiger partial charge on any atom is -0.385 e. The number of ether oxygens (including phenoxy) is 1. The maximum atomic E-state index is 12.9. The third kappa shape index (κ3) is 3.09. The van der Waals surface area contributed by atoms with Crippen molar-refractivity contribution in [1.29, 1.82) is 0 Å². The van der Waals surface area contributed by atoms with Crippen molar-refractivity contribution in [3.05, 3.63) is 35.6 Å². The third-order valence-corrected chi connectivity index (χ3v) is 2.21. The summed E-state index contributed by atoms with van der Waals surface area (Å²) in [5, 5.41) is 3.13. The zero-order chi connectivity index (χ0) is 10.4. The molecule has 3 heteroatoms. The van der Waals surface area contributed by atoms with Gasteiger partial charge >= 0.3 is 0 Å². The predicted molar refractivity (Wildman–Crippen MR) is 54.7 cm³/mol. The lowest BCUT2D eigenvalue weighted by atomic mass is 10.0. The maximum Gasteiger partial charge on any atom is 0.123 e. The van der Waals surface area contributed by atoms with Crippen LogP contribution in [0.1, 0.15) is 18.0 Å². The summed E-state index contributed by atoms with van der Waals surface area (Å²) in [7, 11) is 3.53. The zero-order valence-electron chi connectivity index (χ0n) is 8.59. The van der Waals surface area contributed by atoms with Gasteiger partial charge in [-0.15, -0.1) is 0 Å². The van der Waals surface area contributed by atoms with Crippen molar-refractivity contribution in [2.45, 2.75) is 12.5 Å². The molecule has 0 spiro atoms. The highest BCUT2D eigenvalue weighted by atomic mass is 19.1. The maximum absolute atomic E-state index is 12.9. The molecule has 1 unspecified atom stereocenters. The van der Waals surface area contributed by atoms with Gasteiger partial charge in [-0.1, -0.05) is 12.1 Å². The van der Waals surface area contributed by atoms with Crippen LogP contribution in [0.5, 0.6) is 0 Å². The van der Waals surface area contributed by atoms with E-state index in [1.165, 1.54) is 6.07 Å². The monoisotopic (exact) mass is 197 g/mol. The normalized spacial score (nSPS) is 12.8. The lowest BCUT2D eigenvalue weighted by molar-refractivity contribution is 0.184. The molecule has 0 fully saturated rings. The highest BCUT2D eigenvalue weighted by Crippen LogP contribution is 2.16. The Morgan fingerprint density at radius 2 is 2.29 bits per heavy atom. The number of nitrogens with one attached hydrogen (secondary N) is 1. The van der Waals surface area contributed by atoms with Gasteiger partial charge in [-0.2, -0.15) is 0 Å². The zero-order valence-corrected chi connectivity index (χ0v) is 8.59. The van der Waals surface area contributed by atoms with Crippen LogP contribution < -0.4 is 5.32 Å². The van der Waals surface area contributed by atoms with Crippen LogP contribution in [0, 0.1) is 5.82 Å². The number of hydrogen-bond acceptors (Lipinski definition) is 2. The summed E-state index contributed by atoms with van der Waals surface area (Å²) in [5.74, 6) is -0.194. The molecule has 0 aliphatic rings. The topological polar surface area (TPSA) is 21.3 Å². The second kappa shape index (κ2) is 5.73. The van der Waals surface area contributed by atoms with Crippen LogP contribution >= 0.6 is 0 Å². The Morgan fingerprint density at radius 3 is 2.86 bits per heavy atom. The molecule has 0 aromatic heterocycles. The molecule has 78 valence electrons. The van der Waals surface area contributed by atoms with E-state index in [1.807, 2.05) is 13.1 Å². The van der Waals surface area contributed by atoms with Gasteiger partial charge in [-0.05, 0) is 31.2 Å². The van der Waals surface area contributed by atoms with Crippen molar-refractivity contribution in [3.8, 4) is 0 Å². The van der Waals surface area contributed by atoms with Crippen LogP contribution in [-0.2, 0) is 4.74 Å². The third-order valence-electron chi connectivity index (χ3n) is 2.21. The lowest BCUT2D eigenvalue weighted by Crippen LogP contribution is -2.18. The summed E-state index contributed by atoms with van der Waals surface area (Å²) in [6, 6.07) is 6.80. The van der Waals surface area contributed by atoms with Crippen LogP contribution in [0.15, 0.2) is 24.3 Å². The Morgan fingerprint density at radius 1 is 1.50 bits per heavy atom. The number of methoxy groups -OCH3 is 1. The van der Waals surface area contributed by atoms with Crippen LogP contribution in [0.3, 0.4) is 0 Å². The van der Waals surface area contributed by atoms with Crippen LogP contribution in [0.25, 0.3) is 0 Å². The molecule has 0 amide bonds. The molecule has 2 nitrogen and oxygen atoms in total. The molecule has 1 aromatic carbocycles. The minimum atomic E-state index is -0.194. The molecule has 0 bridgehead atoms. The highest BCUT2D eigenvalue weighted by molar-refractivity contribution is 5.19. The molecular formula is C11H16FNO. The second-order valence-corrected chi connectivity index (χ2v) is 3.18. The molecule has 0 saturated carbocycles. The highest BCUT2D eigenvalue weighted by Gasteiger charge is 2.08. The molecule has 0 aliphatic heterocycles. The van der Waals surface area contributed by atoms with E-state index in [-0.39, 0.29) is 11.9 Å². The van der Waals surface area contributed by atoms with E-state index < -0.39 is 0 Å². The van der Waals surface area contributed by atoms with Gasteiger partial charge in [0.2, 0.25) is 0 Å². The van der Waals surface area contributed by atoms with Gasteiger partial charge in [0.05, 0.1) is 0 Å². The predicted octanol–water partition coefficient (Wildman–Crippen LogP) is 2.12. The van der Waals surface area contributed by atoms with E-state index in [9.17, 15) is 4.39 Å². The van der Waals surface area contributed by atoms with Crippen molar-refractivity contribution >= 4 is 0 Å². The Bertz CT molecular complexity index is 278. The largest absolute Gasteiger partial charge is 0.385 e. The van der Waals surface area contributed by atoms with E-state index >= 15 is 0 Å². The first-order chi connectivity index (χ1) is 6.77. The van der Waals surface area contributed by atoms with Gasteiger partial charge in [0.15, 0.2) is 0 Å². The first-order valence-electron chi connectivity index (χ1n) is 4.69. The summed E-state index contributed by atoms with van der Waals surface area (Å²) in [4.78, 5) is 0. The molecule has 1 rings (SSSR count). The average molecular weight is 197 g/mol. The first kappa shape index (κ1) is 11.1. The Hall–Kier alpha value is -0.930. The summed E-state index contributed by atoms with van der Waals surface area (Å²) < 4.78 is 17.9. The molecule has 1 N–H and O–H groups in total. The molecule has 0 aliphatic carbocycles. The number of halogens is 1. The summed E-state index contributed by atoms with van der Waals surface area (Å²) in [6.07, 6.45) is 0.844. The molecule has 0 heterocycles. The second-order valence-electron chi connectivity index (χ2n) is 3.18. The van der Waals surface area contributed by atoms with Crippen molar-refractivity contribution in [1.82, 2.24) is 5.32 Å². The van der Waals surface area contributed by atoms with Crippen molar-refractivity contribution in [2.75, 3.05) is 20.8 Å². The van der Waals surface area contributed by atoms with Gasteiger partial charge in [-0.25, -0.2) is 4.39 Å². The van der Waals surface area contributed by atoms with Gasteiger partial charge < -0.3 is 10.1 Å². The first-order valence-corrected chi connectivity index (χ1v) is 4.69.